The van der Waals surface area contributed by atoms with Gasteiger partial charge in [0, 0.05) is 0 Å². The van der Waals surface area contributed by atoms with Gasteiger partial charge in [-0.3, -0.25) is 16.4 Å². The maximum Gasteiger partial charge on any atom is 2.00 e. The van der Waals surface area contributed by atoms with Gasteiger partial charge in [-0.05, 0) is 12.1 Å². The van der Waals surface area contributed by atoms with E-state index in [1.807, 2.05) is 18.4 Å². The molecule has 0 saturated carbocycles. The summed E-state index contributed by atoms with van der Waals surface area (Å²) in [6, 6.07) is 6.08. The van der Waals surface area contributed by atoms with Gasteiger partial charge in [0.05, 0.1) is 4.92 Å². The van der Waals surface area contributed by atoms with Crippen molar-refractivity contribution < 1.29 is 40.8 Å². The molecule has 0 aromatic heterocycles. The van der Waals surface area contributed by atoms with Gasteiger partial charge in [-0.25, -0.2) is 0 Å². The third kappa shape index (κ3) is 6.04. The van der Waals surface area contributed by atoms with Crippen LogP contribution in [0.1, 0.15) is 18.4 Å². The summed E-state index contributed by atoms with van der Waals surface area (Å²) in [6.07, 6.45) is 7.81. The number of rotatable bonds is 2. The molecule has 1 aromatic rings. The van der Waals surface area contributed by atoms with Crippen LogP contribution in [-0.4, -0.2) is 11.2 Å². The molecule has 4 nitrogen and oxygen atoms in total. The molecule has 5 heteroatoms. The van der Waals surface area contributed by atoms with Gasteiger partial charge < -0.3 is 4.79 Å². The third-order valence-corrected chi connectivity index (χ3v) is 2.32. The van der Waals surface area contributed by atoms with Gasteiger partial charge >= 0.3 is 31.1 Å². The Bertz CT molecular complexity index is 407. The van der Waals surface area contributed by atoms with Crippen LogP contribution < -0.4 is 0 Å². The molecule has 0 aliphatic heterocycles. The number of carbonyl (C=O) groups excluding carboxylic acids is 1. The number of benzene rings is 1. The Morgan fingerprint density at radius 2 is 1.72 bits per heavy atom. The molecule has 1 aromatic carbocycles. The Labute approximate surface area is 130 Å². The molecule has 0 bridgehead atoms. The van der Waals surface area contributed by atoms with Crippen molar-refractivity contribution in [3.8, 4) is 0 Å². The van der Waals surface area contributed by atoms with Crippen molar-refractivity contribution in [1.29, 1.82) is 0 Å². The van der Waals surface area contributed by atoms with Gasteiger partial charge in [0.2, 0.25) is 5.69 Å². The molecule has 2 rings (SSSR count). The number of hydrogen-bond donors (Lipinski definition) is 0. The van der Waals surface area contributed by atoms with E-state index in [1.165, 1.54) is 12.1 Å². The summed E-state index contributed by atoms with van der Waals surface area (Å²) in [5.41, 5.74) is 0.887. The molecular formula is C13H13NO3U. The van der Waals surface area contributed by atoms with Crippen LogP contribution in [0.25, 0.3) is 0 Å². The van der Waals surface area contributed by atoms with Crippen LogP contribution in [0.2, 0.25) is 0 Å². The Hall–Kier alpha value is -1.05. The van der Waals surface area contributed by atoms with E-state index in [1.54, 1.807) is 12.1 Å². The molecule has 0 atom stereocenters. The standard InChI is InChI=1S/C7H6NO2.C6H7O.U/c1-6-2-4-7(5-3-6)8(9)10;7-5-6-3-1-2-4-6;/h2-5H,1H2;1-2,6H,3-4H2;/q2*-1;+2. The largest absolute Gasteiger partial charge is 2.00 e. The van der Waals surface area contributed by atoms with Gasteiger partial charge in [-0.15, -0.1) is 5.92 Å². The van der Waals surface area contributed by atoms with Crippen LogP contribution in [0, 0.1) is 54.1 Å². The molecule has 0 spiro atoms. The minimum atomic E-state index is -0.431. The summed E-state index contributed by atoms with van der Waals surface area (Å²) < 4.78 is 0. The van der Waals surface area contributed by atoms with Crippen LogP contribution in [0.3, 0.4) is 0 Å². The molecule has 0 N–H and O–H groups in total. The first-order valence-electron chi connectivity index (χ1n) is 5.22. The normalized spacial score (nSPS) is 13.1. The predicted octanol–water partition coefficient (Wildman–Crippen LogP) is 2.84. The van der Waals surface area contributed by atoms with Gasteiger partial charge in [-0.2, -0.15) is 24.6 Å². The first-order chi connectivity index (χ1) is 8.13. The Morgan fingerprint density at radius 1 is 1.22 bits per heavy atom. The van der Waals surface area contributed by atoms with Crippen molar-refractivity contribution in [3.63, 3.8) is 0 Å². The zero-order valence-electron chi connectivity index (χ0n) is 9.83. The van der Waals surface area contributed by atoms with Crippen molar-refractivity contribution in [2.24, 2.45) is 5.92 Å². The number of nitrogens with zero attached hydrogens (tertiary/aromatic N) is 1. The van der Waals surface area contributed by atoms with Gasteiger partial charge in [0.1, 0.15) is 0 Å². The summed E-state index contributed by atoms with van der Waals surface area (Å²) in [4.78, 5) is 19.5. The zero-order valence-corrected chi connectivity index (χ0v) is 14.0. The first kappa shape index (κ1) is 17.0. The second-order valence-electron chi connectivity index (χ2n) is 3.68. The van der Waals surface area contributed by atoms with E-state index < -0.39 is 4.92 Å². The maximum atomic E-state index is 10.1. The SMILES string of the molecule is O=[C-]C1CC=CC1.[CH2-]c1ccc([N+](=O)[O-])cc1.[U+2]. The zero-order chi connectivity index (χ0) is 12.7. The second-order valence-corrected chi connectivity index (χ2v) is 3.68. The van der Waals surface area contributed by atoms with E-state index >= 15 is 0 Å². The molecule has 0 fully saturated rings. The average Bonchev–Trinajstić information content (AvgIpc) is 2.83. The summed E-state index contributed by atoms with van der Waals surface area (Å²) >= 11 is 0. The van der Waals surface area contributed by atoms with Crippen molar-refractivity contribution >= 4 is 12.0 Å². The predicted molar refractivity (Wildman–Crippen MR) is 65.1 cm³/mol. The quantitative estimate of drug-likeness (QED) is 0.290. The van der Waals surface area contributed by atoms with Crippen molar-refractivity contribution in [3.05, 3.63) is 59.0 Å². The molecule has 18 heavy (non-hydrogen) atoms. The first-order valence-corrected chi connectivity index (χ1v) is 5.22. The fourth-order valence-electron chi connectivity index (χ4n) is 1.33. The summed E-state index contributed by atoms with van der Waals surface area (Å²) in [7, 11) is 0. The molecule has 0 heterocycles. The van der Waals surface area contributed by atoms with Crippen LogP contribution in [0.15, 0.2) is 36.4 Å². The average molecular weight is 469 g/mol. The van der Waals surface area contributed by atoms with Gasteiger partial charge in [0.15, 0.2) is 0 Å². The van der Waals surface area contributed by atoms with E-state index in [0.717, 1.165) is 18.4 Å². The van der Waals surface area contributed by atoms with Crippen molar-refractivity contribution in [2.75, 3.05) is 0 Å². The van der Waals surface area contributed by atoms with Crippen LogP contribution >= 0.6 is 0 Å². The minimum Gasteiger partial charge on any atom is -0.541 e. The van der Waals surface area contributed by atoms with Crippen LogP contribution in [0.4, 0.5) is 5.69 Å². The van der Waals surface area contributed by atoms with E-state index in [2.05, 4.69) is 6.92 Å². The number of nitro benzene ring substituents is 1. The van der Waals surface area contributed by atoms with E-state index in [0.29, 0.717) is 0 Å². The van der Waals surface area contributed by atoms with Gasteiger partial charge in [0.25, 0.3) is 0 Å². The van der Waals surface area contributed by atoms with Gasteiger partial charge in [-0.1, -0.05) is 25.0 Å². The second kappa shape index (κ2) is 8.96. The molecule has 1 aliphatic carbocycles. The Kier molecular flexibility index (Phi) is 8.44. The molecule has 1 aliphatic rings. The third-order valence-electron chi connectivity index (χ3n) is 2.32. The number of nitro groups is 1. The topological polar surface area (TPSA) is 60.2 Å². The summed E-state index contributed by atoms with van der Waals surface area (Å²) in [6.45, 7) is 3.60. The smallest absolute Gasteiger partial charge is 0.541 e. The molecule has 92 valence electrons. The van der Waals surface area contributed by atoms with Crippen LogP contribution in [0.5, 0.6) is 0 Å². The van der Waals surface area contributed by atoms with E-state index in [9.17, 15) is 14.9 Å². The van der Waals surface area contributed by atoms with Crippen LogP contribution in [-0.2, 0) is 4.79 Å². The fraction of sp³-hybridized carbons (Fsp3) is 0.231. The van der Waals surface area contributed by atoms with E-state index in [4.69, 9.17) is 0 Å². The number of non-ortho nitro benzene ring substituents is 1. The monoisotopic (exact) mass is 469 g/mol. The molecule has 0 amide bonds. The summed E-state index contributed by atoms with van der Waals surface area (Å²) in [5, 5.41) is 10.1. The number of allylic oxidation sites excluding steroid dienone is 2. The maximum absolute atomic E-state index is 10.1. The fourth-order valence-corrected chi connectivity index (χ4v) is 1.33. The van der Waals surface area contributed by atoms with Crippen molar-refractivity contribution in [2.45, 2.75) is 12.8 Å². The Balaban J connectivity index is 0.000000321. The minimum absolute atomic E-state index is 0. The molecule has 0 saturated heterocycles. The summed E-state index contributed by atoms with van der Waals surface area (Å²) in [5.74, 6) is 0.181. The van der Waals surface area contributed by atoms with E-state index in [-0.39, 0.29) is 42.7 Å². The number of hydrogen-bond acceptors (Lipinski definition) is 3. The molecule has 0 radical (unpaired) electrons. The molecule has 0 unspecified atom stereocenters. The van der Waals surface area contributed by atoms with Crippen molar-refractivity contribution in [1.82, 2.24) is 0 Å². The molecular weight excluding hydrogens is 456 g/mol. The Morgan fingerprint density at radius 3 is 2.06 bits per heavy atom.